The predicted molar refractivity (Wildman–Crippen MR) is 81.1 cm³/mol. The van der Waals surface area contributed by atoms with E-state index < -0.39 is 0 Å². The second-order valence-corrected chi connectivity index (χ2v) is 5.67. The highest BCUT2D eigenvalue weighted by atomic mass is 79.9. The molecule has 1 aliphatic heterocycles. The third kappa shape index (κ3) is 3.16. The first-order valence-electron chi connectivity index (χ1n) is 6.59. The number of nitrogens with one attached hydrogen (secondary N) is 1. The van der Waals surface area contributed by atoms with Gasteiger partial charge in [0, 0.05) is 19.1 Å². The fraction of sp³-hybridized carbons (Fsp3) is 0.667. The highest BCUT2D eigenvalue weighted by molar-refractivity contribution is 9.10. The molecule has 1 aromatic rings. The maximum atomic E-state index is 5.47. The molecular formula is C12H21BrN6. The molecule has 2 heterocycles. The molecule has 106 valence electrons. The topological polar surface area (TPSA) is 70.3 Å². The molecule has 0 spiro atoms. The Morgan fingerprint density at radius 3 is 2.95 bits per heavy atom. The molecule has 0 aromatic carbocycles. The first-order chi connectivity index (χ1) is 9.17. The summed E-state index contributed by atoms with van der Waals surface area (Å²) in [7, 11) is 2.17. The van der Waals surface area contributed by atoms with Crippen LogP contribution in [0, 0.1) is 0 Å². The molecule has 0 aliphatic carbocycles. The average Bonchev–Trinajstić information content (AvgIpc) is 2.60. The van der Waals surface area contributed by atoms with E-state index >= 15 is 0 Å². The first-order valence-corrected chi connectivity index (χ1v) is 7.39. The van der Waals surface area contributed by atoms with E-state index in [9.17, 15) is 0 Å². The Bertz CT molecular complexity index is 427. The van der Waals surface area contributed by atoms with Gasteiger partial charge in [-0.15, -0.1) is 0 Å². The molecule has 1 fully saturated rings. The summed E-state index contributed by atoms with van der Waals surface area (Å²) in [5.41, 5.74) is 2.60. The van der Waals surface area contributed by atoms with Crippen LogP contribution in [0.25, 0.3) is 0 Å². The van der Waals surface area contributed by atoms with E-state index in [1.54, 1.807) is 6.33 Å². The monoisotopic (exact) mass is 328 g/mol. The fourth-order valence-corrected chi connectivity index (χ4v) is 3.08. The van der Waals surface area contributed by atoms with E-state index in [4.69, 9.17) is 5.84 Å². The van der Waals surface area contributed by atoms with Gasteiger partial charge in [-0.1, -0.05) is 6.92 Å². The van der Waals surface area contributed by atoms with Crippen LogP contribution >= 0.6 is 15.9 Å². The molecule has 0 bridgehead atoms. The molecule has 1 aromatic heterocycles. The zero-order valence-corrected chi connectivity index (χ0v) is 13.0. The van der Waals surface area contributed by atoms with Gasteiger partial charge >= 0.3 is 0 Å². The van der Waals surface area contributed by atoms with Gasteiger partial charge in [-0.2, -0.15) is 0 Å². The highest BCUT2D eigenvalue weighted by Crippen LogP contribution is 2.31. The maximum absolute atomic E-state index is 5.47. The van der Waals surface area contributed by atoms with Crippen molar-refractivity contribution in [3.8, 4) is 0 Å². The van der Waals surface area contributed by atoms with E-state index in [1.165, 1.54) is 0 Å². The smallest absolute Gasteiger partial charge is 0.159 e. The maximum Gasteiger partial charge on any atom is 0.159 e. The molecule has 7 heteroatoms. The van der Waals surface area contributed by atoms with Crippen molar-refractivity contribution < 1.29 is 0 Å². The SMILES string of the molecule is CCC1CN(C)CCCN1c1ncnc(NN)c1Br. The van der Waals surface area contributed by atoms with Crippen molar-refractivity contribution in [2.24, 2.45) is 5.84 Å². The van der Waals surface area contributed by atoms with Crippen LogP contribution in [-0.2, 0) is 0 Å². The Hall–Kier alpha value is -0.920. The zero-order valence-electron chi connectivity index (χ0n) is 11.4. The van der Waals surface area contributed by atoms with Crippen LogP contribution in [-0.4, -0.2) is 47.6 Å². The van der Waals surface area contributed by atoms with Crippen LogP contribution in [0.2, 0.25) is 0 Å². The normalized spacial score (nSPS) is 21.3. The number of hydrogen-bond acceptors (Lipinski definition) is 6. The van der Waals surface area contributed by atoms with Crippen LogP contribution in [0.3, 0.4) is 0 Å². The summed E-state index contributed by atoms with van der Waals surface area (Å²) in [5.74, 6) is 7.02. The van der Waals surface area contributed by atoms with Crippen molar-refractivity contribution >= 4 is 27.6 Å². The Labute approximate surface area is 122 Å². The number of nitrogens with two attached hydrogens (primary N) is 1. The lowest BCUT2D eigenvalue weighted by Crippen LogP contribution is -2.40. The molecule has 2 rings (SSSR count). The fourth-order valence-electron chi connectivity index (χ4n) is 2.53. The van der Waals surface area contributed by atoms with Crippen molar-refractivity contribution in [2.75, 3.05) is 37.0 Å². The second kappa shape index (κ2) is 6.49. The Morgan fingerprint density at radius 2 is 2.26 bits per heavy atom. The molecule has 1 aliphatic rings. The van der Waals surface area contributed by atoms with Crippen molar-refractivity contribution in [1.29, 1.82) is 0 Å². The third-order valence-electron chi connectivity index (χ3n) is 3.55. The summed E-state index contributed by atoms with van der Waals surface area (Å²) in [4.78, 5) is 13.3. The van der Waals surface area contributed by atoms with Gasteiger partial charge in [0.15, 0.2) is 5.82 Å². The van der Waals surface area contributed by atoms with Crippen molar-refractivity contribution in [2.45, 2.75) is 25.8 Å². The number of halogens is 1. The van der Waals surface area contributed by atoms with Gasteiger partial charge in [0.2, 0.25) is 0 Å². The summed E-state index contributed by atoms with van der Waals surface area (Å²) < 4.78 is 0.834. The van der Waals surface area contributed by atoms with E-state index in [1.807, 2.05) is 0 Å². The molecule has 0 radical (unpaired) electrons. The Kier molecular flexibility index (Phi) is 4.95. The van der Waals surface area contributed by atoms with Crippen molar-refractivity contribution in [3.05, 3.63) is 10.8 Å². The van der Waals surface area contributed by atoms with Crippen molar-refractivity contribution in [3.63, 3.8) is 0 Å². The number of hydrazine groups is 1. The minimum atomic E-state index is 0.462. The van der Waals surface area contributed by atoms with Crippen LogP contribution < -0.4 is 16.2 Å². The number of nitrogens with zero attached hydrogens (tertiary/aromatic N) is 4. The lowest BCUT2D eigenvalue weighted by Gasteiger charge is -2.32. The summed E-state index contributed by atoms with van der Waals surface area (Å²) in [6.45, 7) is 5.40. The Morgan fingerprint density at radius 1 is 1.47 bits per heavy atom. The van der Waals surface area contributed by atoms with Gasteiger partial charge in [0.25, 0.3) is 0 Å². The molecule has 6 nitrogen and oxygen atoms in total. The summed E-state index contributed by atoms with van der Waals surface area (Å²) in [6.07, 6.45) is 3.78. The summed E-state index contributed by atoms with van der Waals surface area (Å²) in [6, 6.07) is 0.462. The van der Waals surface area contributed by atoms with Gasteiger partial charge in [-0.3, -0.25) is 0 Å². The van der Waals surface area contributed by atoms with Crippen LogP contribution in [0.5, 0.6) is 0 Å². The molecule has 3 N–H and O–H groups in total. The van der Waals surface area contributed by atoms with Gasteiger partial charge in [0.05, 0.1) is 0 Å². The van der Waals surface area contributed by atoms with Gasteiger partial charge in [0.1, 0.15) is 16.6 Å². The van der Waals surface area contributed by atoms with Gasteiger partial charge in [-0.25, -0.2) is 15.8 Å². The van der Waals surface area contributed by atoms with E-state index in [-0.39, 0.29) is 0 Å². The predicted octanol–water partition coefficient (Wildman–Crippen LogP) is 1.45. The highest BCUT2D eigenvalue weighted by Gasteiger charge is 2.25. The molecule has 0 saturated carbocycles. The van der Waals surface area contributed by atoms with Crippen LogP contribution in [0.4, 0.5) is 11.6 Å². The quantitative estimate of drug-likeness (QED) is 0.646. The third-order valence-corrected chi connectivity index (χ3v) is 4.28. The standard InChI is InChI=1S/C12H21BrN6/c1-3-9-7-18(2)5-4-6-19(9)12-10(13)11(17-14)15-8-16-12/h8-9H,3-7,14H2,1-2H3,(H,15,16,17). The summed E-state index contributed by atoms with van der Waals surface area (Å²) in [5, 5.41) is 0. The first kappa shape index (κ1) is 14.5. The lowest BCUT2D eigenvalue weighted by molar-refractivity contribution is 0.327. The molecule has 0 amide bonds. The van der Waals surface area contributed by atoms with Gasteiger partial charge < -0.3 is 15.2 Å². The number of likely N-dealkylation sites (N-methyl/N-ethyl adjacent to an activating group) is 1. The van der Waals surface area contributed by atoms with E-state index in [0.29, 0.717) is 11.9 Å². The minimum absolute atomic E-state index is 0.462. The van der Waals surface area contributed by atoms with Gasteiger partial charge in [-0.05, 0) is 42.4 Å². The largest absolute Gasteiger partial charge is 0.351 e. The van der Waals surface area contributed by atoms with E-state index in [0.717, 1.165) is 42.8 Å². The molecule has 19 heavy (non-hydrogen) atoms. The number of rotatable bonds is 3. The van der Waals surface area contributed by atoms with E-state index in [2.05, 4.69) is 55.1 Å². The Balaban J connectivity index is 2.32. The average molecular weight is 329 g/mol. The van der Waals surface area contributed by atoms with Crippen LogP contribution in [0.1, 0.15) is 19.8 Å². The zero-order chi connectivity index (χ0) is 13.8. The second-order valence-electron chi connectivity index (χ2n) is 4.88. The molecule has 1 atom stereocenters. The summed E-state index contributed by atoms with van der Waals surface area (Å²) >= 11 is 3.55. The molecule has 1 saturated heterocycles. The number of nitrogen functional groups attached to an aromatic ring is 1. The van der Waals surface area contributed by atoms with Crippen LogP contribution in [0.15, 0.2) is 10.8 Å². The number of hydrogen-bond donors (Lipinski definition) is 2. The molecular weight excluding hydrogens is 308 g/mol. The number of aromatic nitrogens is 2. The minimum Gasteiger partial charge on any atom is -0.351 e. The lowest BCUT2D eigenvalue weighted by atomic mass is 10.2. The van der Waals surface area contributed by atoms with Crippen molar-refractivity contribution in [1.82, 2.24) is 14.9 Å². The molecule has 1 unspecified atom stereocenters. The number of anilines is 2.